The van der Waals surface area contributed by atoms with Gasteiger partial charge in [0.2, 0.25) is 0 Å². The summed E-state index contributed by atoms with van der Waals surface area (Å²) in [5, 5.41) is 0. The monoisotopic (exact) mass is 167 g/mol. The maximum atomic E-state index is 4.28. The Morgan fingerprint density at radius 1 is 1.55 bits per heavy atom. The van der Waals surface area contributed by atoms with Crippen molar-refractivity contribution in [1.82, 2.24) is 4.98 Å². The Bertz CT molecular complexity index is 198. The van der Waals surface area contributed by atoms with Gasteiger partial charge in [0.05, 0.1) is 0 Å². The van der Waals surface area contributed by atoms with E-state index in [0.717, 1.165) is 0 Å². The largest absolute Gasteiger partial charge is 0.261 e. The van der Waals surface area contributed by atoms with Crippen molar-refractivity contribution in [1.29, 1.82) is 0 Å². The molecule has 1 nitrogen and oxygen atoms in total. The summed E-state index contributed by atoms with van der Waals surface area (Å²) >= 11 is 0. The fraction of sp³-hybridized carbons (Fsp3) is 0.444. The van der Waals surface area contributed by atoms with Crippen molar-refractivity contribution < 1.29 is 0 Å². The molecular formula is C9H14NP. The first kappa shape index (κ1) is 8.67. The summed E-state index contributed by atoms with van der Waals surface area (Å²) in [5.74, 6) is 0. The summed E-state index contributed by atoms with van der Waals surface area (Å²) in [6, 6.07) is 6.06. The molecule has 1 heterocycles. The van der Waals surface area contributed by atoms with Crippen molar-refractivity contribution in [3.8, 4) is 0 Å². The standard InChI is InChI=1S/C9H14NP/c1-2-5-9(11)8-6-3-4-7-10-8/h3-4,6-7,9H,2,5,11H2,1H3. The molecule has 0 spiro atoms. The molecule has 1 rings (SSSR count). The first-order valence-electron chi connectivity index (χ1n) is 4.01. The molecule has 2 atom stereocenters. The molecule has 11 heavy (non-hydrogen) atoms. The first-order valence-corrected chi connectivity index (χ1v) is 4.67. The highest BCUT2D eigenvalue weighted by Gasteiger charge is 2.03. The summed E-state index contributed by atoms with van der Waals surface area (Å²) in [5.41, 5.74) is 1.71. The molecule has 0 bridgehead atoms. The molecule has 60 valence electrons. The van der Waals surface area contributed by atoms with Crippen molar-refractivity contribution >= 4 is 9.24 Å². The quantitative estimate of drug-likeness (QED) is 0.631. The summed E-state index contributed by atoms with van der Waals surface area (Å²) < 4.78 is 0. The molecule has 0 amide bonds. The van der Waals surface area contributed by atoms with E-state index in [1.807, 2.05) is 18.3 Å². The van der Waals surface area contributed by atoms with E-state index in [0.29, 0.717) is 5.66 Å². The number of pyridine rings is 1. The number of nitrogens with zero attached hydrogens (tertiary/aromatic N) is 1. The third-order valence-electron chi connectivity index (χ3n) is 1.67. The van der Waals surface area contributed by atoms with Gasteiger partial charge < -0.3 is 0 Å². The highest BCUT2D eigenvalue weighted by atomic mass is 31.0. The maximum absolute atomic E-state index is 4.28. The second kappa shape index (κ2) is 4.46. The zero-order valence-corrected chi connectivity index (χ0v) is 7.98. The zero-order chi connectivity index (χ0) is 8.10. The molecule has 1 aromatic heterocycles. The fourth-order valence-corrected chi connectivity index (χ4v) is 1.58. The number of hydrogen-bond donors (Lipinski definition) is 0. The van der Waals surface area contributed by atoms with Crippen molar-refractivity contribution in [2.45, 2.75) is 25.4 Å². The van der Waals surface area contributed by atoms with E-state index >= 15 is 0 Å². The van der Waals surface area contributed by atoms with Gasteiger partial charge in [0.15, 0.2) is 0 Å². The fourth-order valence-electron chi connectivity index (χ4n) is 1.05. The highest BCUT2D eigenvalue weighted by Crippen LogP contribution is 2.25. The lowest BCUT2D eigenvalue weighted by atomic mass is 10.2. The SMILES string of the molecule is CCCC(P)c1ccccn1. The van der Waals surface area contributed by atoms with Crippen molar-refractivity contribution in [2.75, 3.05) is 0 Å². The van der Waals surface area contributed by atoms with Gasteiger partial charge in [0.1, 0.15) is 0 Å². The van der Waals surface area contributed by atoms with Gasteiger partial charge in [0.25, 0.3) is 0 Å². The molecule has 0 saturated carbocycles. The molecule has 0 aliphatic heterocycles. The summed E-state index contributed by atoms with van der Waals surface area (Å²) in [7, 11) is 2.83. The predicted octanol–water partition coefficient (Wildman–Crippen LogP) is 2.80. The molecule has 0 aliphatic carbocycles. The highest BCUT2D eigenvalue weighted by molar-refractivity contribution is 7.17. The van der Waals surface area contributed by atoms with E-state index < -0.39 is 0 Å². The van der Waals surface area contributed by atoms with Crippen LogP contribution in [-0.4, -0.2) is 4.98 Å². The van der Waals surface area contributed by atoms with Gasteiger partial charge in [0, 0.05) is 17.5 Å². The van der Waals surface area contributed by atoms with Gasteiger partial charge in [-0.15, -0.1) is 9.24 Å². The van der Waals surface area contributed by atoms with Crippen LogP contribution in [0.3, 0.4) is 0 Å². The average molecular weight is 167 g/mol. The van der Waals surface area contributed by atoms with E-state index in [1.165, 1.54) is 18.5 Å². The molecule has 2 heteroatoms. The predicted molar refractivity (Wildman–Crippen MR) is 51.6 cm³/mol. The van der Waals surface area contributed by atoms with Crippen LogP contribution in [-0.2, 0) is 0 Å². The van der Waals surface area contributed by atoms with Crippen LogP contribution in [0, 0.1) is 0 Å². The molecule has 0 N–H and O–H groups in total. The van der Waals surface area contributed by atoms with Gasteiger partial charge in [-0.05, 0) is 18.6 Å². The Morgan fingerprint density at radius 2 is 2.36 bits per heavy atom. The molecule has 0 fully saturated rings. The zero-order valence-electron chi connectivity index (χ0n) is 6.83. The third kappa shape index (κ3) is 2.59. The van der Waals surface area contributed by atoms with Gasteiger partial charge in [-0.2, -0.15) is 0 Å². The minimum absolute atomic E-state index is 0.529. The van der Waals surface area contributed by atoms with Gasteiger partial charge >= 0.3 is 0 Å². The van der Waals surface area contributed by atoms with Gasteiger partial charge in [-0.25, -0.2) is 0 Å². The minimum Gasteiger partial charge on any atom is -0.261 e. The average Bonchev–Trinajstić information content (AvgIpc) is 2.07. The van der Waals surface area contributed by atoms with E-state index in [-0.39, 0.29) is 0 Å². The van der Waals surface area contributed by atoms with Crippen LogP contribution in [0.2, 0.25) is 0 Å². The van der Waals surface area contributed by atoms with Crippen LogP contribution < -0.4 is 0 Å². The molecule has 1 aromatic rings. The topological polar surface area (TPSA) is 12.9 Å². The smallest absolute Gasteiger partial charge is 0.0472 e. The minimum atomic E-state index is 0.529. The summed E-state index contributed by atoms with van der Waals surface area (Å²) in [6.45, 7) is 2.19. The molecule has 0 radical (unpaired) electrons. The van der Waals surface area contributed by atoms with E-state index in [9.17, 15) is 0 Å². The van der Waals surface area contributed by atoms with Crippen molar-refractivity contribution in [2.24, 2.45) is 0 Å². The normalized spacial score (nSPS) is 12.9. The van der Waals surface area contributed by atoms with Crippen molar-refractivity contribution in [3.63, 3.8) is 0 Å². The third-order valence-corrected chi connectivity index (χ3v) is 2.34. The molecule has 2 unspecified atom stereocenters. The van der Waals surface area contributed by atoms with Crippen molar-refractivity contribution in [3.05, 3.63) is 30.1 Å². The summed E-state index contributed by atoms with van der Waals surface area (Å²) in [4.78, 5) is 4.28. The van der Waals surface area contributed by atoms with Crippen LogP contribution in [0.4, 0.5) is 0 Å². The first-order chi connectivity index (χ1) is 5.34. The molecule has 0 aliphatic rings. The van der Waals surface area contributed by atoms with Crippen LogP contribution in [0.25, 0.3) is 0 Å². The summed E-state index contributed by atoms with van der Waals surface area (Å²) in [6.07, 6.45) is 4.26. The molecular weight excluding hydrogens is 153 g/mol. The van der Waals surface area contributed by atoms with Crippen LogP contribution >= 0.6 is 9.24 Å². The lowest BCUT2D eigenvalue weighted by molar-refractivity contribution is 0.760. The Balaban J connectivity index is 2.61. The second-order valence-corrected chi connectivity index (χ2v) is 3.45. The number of hydrogen-bond acceptors (Lipinski definition) is 1. The van der Waals surface area contributed by atoms with Gasteiger partial charge in [-0.1, -0.05) is 19.4 Å². The second-order valence-electron chi connectivity index (χ2n) is 2.65. The Hall–Kier alpha value is -0.420. The van der Waals surface area contributed by atoms with E-state index in [2.05, 4.69) is 27.2 Å². The van der Waals surface area contributed by atoms with Gasteiger partial charge in [-0.3, -0.25) is 4.98 Å². The van der Waals surface area contributed by atoms with E-state index in [1.54, 1.807) is 0 Å². The number of aromatic nitrogens is 1. The molecule has 0 saturated heterocycles. The Labute approximate surface area is 70.4 Å². The Kier molecular flexibility index (Phi) is 3.51. The Morgan fingerprint density at radius 3 is 2.91 bits per heavy atom. The lowest BCUT2D eigenvalue weighted by Gasteiger charge is -2.07. The van der Waals surface area contributed by atoms with E-state index in [4.69, 9.17) is 0 Å². The lowest BCUT2D eigenvalue weighted by Crippen LogP contribution is -1.91. The van der Waals surface area contributed by atoms with Crippen LogP contribution in [0.15, 0.2) is 24.4 Å². The molecule has 0 aromatic carbocycles. The maximum Gasteiger partial charge on any atom is 0.0472 e. The van der Waals surface area contributed by atoms with Crippen LogP contribution in [0.5, 0.6) is 0 Å². The number of rotatable bonds is 3. The van der Waals surface area contributed by atoms with Crippen LogP contribution in [0.1, 0.15) is 31.1 Å².